The predicted molar refractivity (Wildman–Crippen MR) is 96.2 cm³/mol. The quantitative estimate of drug-likeness (QED) is 0.888. The number of anilines is 1. The van der Waals surface area contributed by atoms with Crippen LogP contribution in [-0.4, -0.2) is 26.7 Å². The van der Waals surface area contributed by atoms with Crippen LogP contribution in [0.2, 0.25) is 0 Å². The predicted octanol–water partition coefficient (Wildman–Crippen LogP) is 3.18. The number of rotatable bonds is 6. The van der Waals surface area contributed by atoms with Crippen LogP contribution >= 0.6 is 0 Å². The Morgan fingerprint density at radius 3 is 2.83 bits per heavy atom. The highest BCUT2D eigenvalue weighted by Crippen LogP contribution is 2.26. The molecular weight excluding hydrogens is 298 g/mol. The zero-order chi connectivity index (χ0) is 16.8. The van der Waals surface area contributed by atoms with Gasteiger partial charge in [0.15, 0.2) is 0 Å². The number of ether oxygens (including phenoxy) is 1. The Labute approximate surface area is 143 Å². The molecule has 1 heterocycles. The van der Waals surface area contributed by atoms with E-state index in [-0.39, 0.29) is 0 Å². The number of nitrogens with zero attached hydrogens (tertiary/aromatic N) is 2. The van der Waals surface area contributed by atoms with Crippen LogP contribution < -0.4 is 15.0 Å². The number of nitrogens with one attached hydrogen (secondary N) is 1. The van der Waals surface area contributed by atoms with Gasteiger partial charge in [0.05, 0.1) is 18.7 Å². The summed E-state index contributed by atoms with van der Waals surface area (Å²) in [6.07, 6.45) is 1.21. The molecule has 1 N–H and O–H groups in total. The Morgan fingerprint density at radius 1 is 1.25 bits per heavy atom. The Morgan fingerprint density at radius 2 is 2.08 bits per heavy atom. The molecule has 1 atom stereocenters. The van der Waals surface area contributed by atoms with E-state index in [1.165, 1.54) is 17.7 Å². The molecule has 0 radical (unpaired) electrons. The van der Waals surface area contributed by atoms with Crippen molar-refractivity contribution in [3.05, 3.63) is 59.7 Å². The molecule has 24 heavy (non-hydrogen) atoms. The molecule has 1 aliphatic heterocycles. The van der Waals surface area contributed by atoms with Crippen LogP contribution in [0.25, 0.3) is 0 Å². The average Bonchev–Trinajstić information content (AvgIpc) is 3.11. The minimum atomic E-state index is 0.662. The maximum atomic E-state index is 8.82. The van der Waals surface area contributed by atoms with Gasteiger partial charge in [-0.15, -0.1) is 0 Å². The molecule has 0 aliphatic carbocycles. The van der Waals surface area contributed by atoms with Crippen molar-refractivity contribution in [3.63, 3.8) is 0 Å². The minimum absolute atomic E-state index is 0.662. The van der Waals surface area contributed by atoms with Crippen molar-refractivity contribution >= 4 is 5.69 Å². The van der Waals surface area contributed by atoms with Gasteiger partial charge in [0.1, 0.15) is 5.75 Å². The average molecular weight is 321 g/mol. The molecule has 0 spiro atoms. The van der Waals surface area contributed by atoms with E-state index in [0.29, 0.717) is 11.5 Å². The Bertz CT molecular complexity index is 706. The zero-order valence-corrected chi connectivity index (χ0v) is 14.0. The van der Waals surface area contributed by atoms with Gasteiger partial charge in [0.2, 0.25) is 0 Å². The lowest BCUT2D eigenvalue weighted by atomic mass is 10.1. The number of benzene rings is 2. The summed E-state index contributed by atoms with van der Waals surface area (Å²) in [5.74, 6) is 1.57. The first kappa shape index (κ1) is 16.4. The van der Waals surface area contributed by atoms with Crippen molar-refractivity contribution in [1.29, 1.82) is 5.26 Å². The van der Waals surface area contributed by atoms with Gasteiger partial charge >= 0.3 is 0 Å². The van der Waals surface area contributed by atoms with Crippen molar-refractivity contribution < 1.29 is 4.74 Å². The van der Waals surface area contributed by atoms with Crippen LogP contribution in [0, 0.1) is 17.2 Å². The number of nitriles is 1. The molecule has 0 saturated carbocycles. The van der Waals surface area contributed by atoms with Crippen molar-refractivity contribution in [1.82, 2.24) is 5.32 Å². The Balaban J connectivity index is 1.46. The van der Waals surface area contributed by atoms with Crippen molar-refractivity contribution in [2.24, 2.45) is 5.92 Å². The summed E-state index contributed by atoms with van der Waals surface area (Å²) in [5.41, 5.74) is 3.17. The first-order chi connectivity index (χ1) is 11.8. The fourth-order valence-corrected chi connectivity index (χ4v) is 3.16. The lowest BCUT2D eigenvalue weighted by Gasteiger charge is -2.19. The minimum Gasteiger partial charge on any atom is -0.497 e. The molecule has 2 aromatic carbocycles. The van der Waals surface area contributed by atoms with Crippen LogP contribution in [0.15, 0.2) is 48.5 Å². The Hall–Kier alpha value is -2.51. The van der Waals surface area contributed by atoms with Crippen LogP contribution in [0.3, 0.4) is 0 Å². The highest BCUT2D eigenvalue weighted by atomic mass is 16.5. The van der Waals surface area contributed by atoms with Crippen LogP contribution in [-0.2, 0) is 6.54 Å². The summed E-state index contributed by atoms with van der Waals surface area (Å²) in [4.78, 5) is 2.43. The monoisotopic (exact) mass is 321 g/mol. The fraction of sp³-hybridized carbons (Fsp3) is 0.350. The standard InChI is InChI=1S/C20H23N3O/c1-24-20-4-2-3-19(11-20)23-10-9-18(15-23)14-22-13-17-7-5-16(12-21)6-8-17/h2-8,11,18,22H,9-10,13-15H2,1H3. The van der Waals surface area contributed by atoms with Gasteiger partial charge < -0.3 is 15.0 Å². The molecule has 2 aromatic rings. The molecule has 4 nitrogen and oxygen atoms in total. The van der Waals surface area contributed by atoms with Gasteiger partial charge in [0, 0.05) is 37.9 Å². The smallest absolute Gasteiger partial charge is 0.120 e. The second-order valence-corrected chi connectivity index (χ2v) is 6.24. The third kappa shape index (κ3) is 4.06. The van der Waals surface area contributed by atoms with Gasteiger partial charge in [-0.2, -0.15) is 5.26 Å². The SMILES string of the molecule is COc1cccc(N2CCC(CNCc3ccc(C#N)cc3)C2)c1. The van der Waals surface area contributed by atoms with Crippen molar-refractivity contribution in [2.75, 3.05) is 31.6 Å². The van der Waals surface area contributed by atoms with E-state index < -0.39 is 0 Å². The molecular formula is C20H23N3O. The van der Waals surface area contributed by atoms with Gasteiger partial charge in [-0.1, -0.05) is 18.2 Å². The molecule has 3 rings (SSSR count). The first-order valence-corrected chi connectivity index (χ1v) is 8.37. The van der Waals surface area contributed by atoms with E-state index in [1.807, 2.05) is 36.4 Å². The molecule has 1 aliphatic rings. The summed E-state index contributed by atoms with van der Waals surface area (Å²) in [6, 6.07) is 18.2. The van der Waals surface area contributed by atoms with E-state index in [0.717, 1.165) is 31.9 Å². The van der Waals surface area contributed by atoms with E-state index >= 15 is 0 Å². The first-order valence-electron chi connectivity index (χ1n) is 8.37. The second kappa shape index (κ2) is 7.85. The molecule has 1 saturated heterocycles. The summed E-state index contributed by atoms with van der Waals surface area (Å²) in [6.45, 7) is 4.03. The summed E-state index contributed by atoms with van der Waals surface area (Å²) in [5, 5.41) is 12.4. The Kier molecular flexibility index (Phi) is 5.35. The highest BCUT2D eigenvalue weighted by Gasteiger charge is 2.22. The lowest BCUT2D eigenvalue weighted by molar-refractivity contribution is 0.415. The maximum Gasteiger partial charge on any atom is 0.120 e. The van der Waals surface area contributed by atoms with E-state index in [4.69, 9.17) is 10.00 Å². The van der Waals surface area contributed by atoms with Crippen molar-refractivity contribution in [2.45, 2.75) is 13.0 Å². The molecule has 4 heteroatoms. The summed E-state index contributed by atoms with van der Waals surface area (Å²) >= 11 is 0. The van der Waals surface area contributed by atoms with Crippen molar-refractivity contribution in [3.8, 4) is 11.8 Å². The third-order valence-corrected chi connectivity index (χ3v) is 4.55. The normalized spacial score (nSPS) is 16.8. The van der Waals surface area contributed by atoms with Gasteiger partial charge in [-0.05, 0) is 42.2 Å². The highest BCUT2D eigenvalue weighted by molar-refractivity contribution is 5.51. The molecule has 0 amide bonds. The van der Waals surface area contributed by atoms with Gasteiger partial charge in [-0.25, -0.2) is 0 Å². The zero-order valence-electron chi connectivity index (χ0n) is 14.0. The van der Waals surface area contributed by atoms with E-state index in [9.17, 15) is 0 Å². The fourth-order valence-electron chi connectivity index (χ4n) is 3.16. The number of hydrogen-bond acceptors (Lipinski definition) is 4. The largest absolute Gasteiger partial charge is 0.497 e. The number of hydrogen-bond donors (Lipinski definition) is 1. The molecule has 124 valence electrons. The second-order valence-electron chi connectivity index (χ2n) is 6.24. The molecule has 0 aromatic heterocycles. The maximum absolute atomic E-state index is 8.82. The summed E-state index contributed by atoms with van der Waals surface area (Å²) < 4.78 is 5.31. The third-order valence-electron chi connectivity index (χ3n) is 4.55. The van der Waals surface area contributed by atoms with Crippen LogP contribution in [0.5, 0.6) is 5.75 Å². The molecule has 0 bridgehead atoms. The molecule has 1 fully saturated rings. The summed E-state index contributed by atoms with van der Waals surface area (Å²) in [7, 11) is 1.71. The van der Waals surface area contributed by atoms with Crippen LogP contribution in [0.4, 0.5) is 5.69 Å². The van der Waals surface area contributed by atoms with E-state index in [2.05, 4.69) is 28.4 Å². The topological polar surface area (TPSA) is 48.3 Å². The number of methoxy groups -OCH3 is 1. The molecule has 1 unspecified atom stereocenters. The van der Waals surface area contributed by atoms with Gasteiger partial charge in [0.25, 0.3) is 0 Å². The van der Waals surface area contributed by atoms with E-state index in [1.54, 1.807) is 7.11 Å². The van der Waals surface area contributed by atoms with Crippen LogP contribution in [0.1, 0.15) is 17.5 Å². The van der Waals surface area contributed by atoms with Gasteiger partial charge in [-0.3, -0.25) is 0 Å². The lowest BCUT2D eigenvalue weighted by Crippen LogP contribution is -2.26.